The number of hydrogen-bond acceptors (Lipinski definition) is 0. The van der Waals surface area contributed by atoms with E-state index in [1.807, 2.05) is 0 Å². The minimum Gasteiger partial charge on any atom is -0.237 e. The Morgan fingerprint density at radius 2 is 0.357 bits per heavy atom. The lowest BCUT2D eigenvalue weighted by Gasteiger charge is -2.73. The normalized spacial score (nSPS) is 70.5. The summed E-state index contributed by atoms with van der Waals surface area (Å²) in [5, 5.41) is 0. The number of halogens is 10. The van der Waals surface area contributed by atoms with E-state index in [0.29, 0.717) is 0 Å². The van der Waals surface area contributed by atoms with Gasteiger partial charge in [-0.1, -0.05) is 0 Å². The summed E-state index contributed by atoms with van der Waals surface area (Å²) >= 11 is 0. The van der Waals surface area contributed by atoms with Crippen molar-refractivity contribution in [2.75, 3.05) is 0 Å². The topological polar surface area (TPSA) is 0 Å². The van der Waals surface area contributed by atoms with Gasteiger partial charge in [-0.2, -0.15) is 0 Å². The fraction of sp³-hybridized carbons (Fsp3) is 1.00. The molecule has 2 saturated carbocycles. The highest BCUT2D eigenvalue weighted by atomic mass is 19.2. The second-order valence-corrected chi connectivity index (χ2v) is 9.34. The quantitative estimate of drug-likeness (QED) is 0.398. The van der Waals surface area contributed by atoms with Gasteiger partial charge in [0.05, 0.1) is 0 Å². The van der Waals surface area contributed by atoms with Gasteiger partial charge in [-0.25, -0.2) is 43.9 Å². The molecule has 8 unspecified atom stereocenters. The number of alkyl halides is 10. The van der Waals surface area contributed by atoms with Gasteiger partial charge < -0.3 is 0 Å². The Bertz CT molecular complexity index is 587. The highest BCUT2D eigenvalue weighted by molar-refractivity contribution is 5.49. The van der Waals surface area contributed by atoms with E-state index in [0.717, 1.165) is 0 Å². The molecule has 2 aliphatic rings. The van der Waals surface area contributed by atoms with Gasteiger partial charge in [0.25, 0.3) is 0 Å². The third-order valence-corrected chi connectivity index (χ3v) is 8.35. The van der Waals surface area contributed by atoms with Gasteiger partial charge in [-0.05, 0) is 55.4 Å². The summed E-state index contributed by atoms with van der Waals surface area (Å²) in [5.74, 6) is 0. The van der Waals surface area contributed by atoms with Gasteiger partial charge in [0.1, 0.15) is 0 Å². The third kappa shape index (κ3) is 1.55. The van der Waals surface area contributed by atoms with Gasteiger partial charge in [-0.3, -0.25) is 0 Å². The molecule has 0 spiro atoms. The molecule has 0 saturated heterocycles. The Morgan fingerprint density at radius 1 is 0.250 bits per heavy atom. The summed E-state index contributed by atoms with van der Waals surface area (Å²) in [6.07, 6.45) is 0. The molecule has 0 aromatic carbocycles. The standard InChI is InChI=1S/C18H24F10/c1-9(19)10(2,20)14(6,24)18(28)16(8,26)12(4,22)11(3,21)15(7,25)17(18,27)13(9,5)23/h1-8H3. The molecule has 2 rings (SSSR count). The van der Waals surface area contributed by atoms with Gasteiger partial charge in [0, 0.05) is 0 Å². The average Bonchev–Trinajstić information content (AvgIpc) is 2.49. The van der Waals surface area contributed by atoms with Gasteiger partial charge in [0.2, 0.25) is 11.3 Å². The highest BCUT2D eigenvalue weighted by Gasteiger charge is 3.03. The predicted octanol–water partition coefficient (Wildman–Crippen LogP) is 6.26. The largest absolute Gasteiger partial charge is 0.237 e. The summed E-state index contributed by atoms with van der Waals surface area (Å²) in [7, 11) is 0. The molecule has 2 aliphatic carbocycles. The molecule has 0 aromatic heterocycles. The molecular formula is C18H24F10. The highest BCUT2D eigenvalue weighted by Crippen LogP contribution is 2.78. The number of hydrogen-bond donors (Lipinski definition) is 0. The Labute approximate surface area is 157 Å². The SMILES string of the molecule is CC1(F)C(C)(F)C(C)(F)C2(F)C(C)(F)C(C)(F)C(C)(F)C(C)(F)C2(F)C1(C)F. The minimum atomic E-state index is -5.33. The fourth-order valence-corrected chi connectivity index (χ4v) is 5.23. The van der Waals surface area contributed by atoms with E-state index < -0.39 is 56.7 Å². The first kappa shape index (κ1) is 23.6. The second kappa shape index (κ2) is 4.79. The van der Waals surface area contributed by atoms with Crippen molar-refractivity contribution in [1.29, 1.82) is 0 Å². The molecule has 28 heavy (non-hydrogen) atoms. The lowest BCUT2D eigenvalue weighted by Crippen LogP contribution is -3.00. The molecule has 0 aromatic rings. The molecular weight excluding hydrogens is 406 g/mol. The van der Waals surface area contributed by atoms with E-state index in [1.54, 1.807) is 0 Å². The zero-order chi connectivity index (χ0) is 23.0. The van der Waals surface area contributed by atoms with E-state index in [1.165, 1.54) is 0 Å². The summed E-state index contributed by atoms with van der Waals surface area (Å²) in [4.78, 5) is 0. The van der Waals surface area contributed by atoms with Gasteiger partial charge in [-0.15, -0.1) is 0 Å². The van der Waals surface area contributed by atoms with Crippen LogP contribution in [0.2, 0.25) is 0 Å². The molecule has 2 fully saturated rings. The van der Waals surface area contributed by atoms with Crippen LogP contribution in [0.4, 0.5) is 43.9 Å². The first-order chi connectivity index (χ1) is 11.8. The maximum Gasteiger partial charge on any atom is 0.224 e. The van der Waals surface area contributed by atoms with Crippen LogP contribution in [0.1, 0.15) is 55.4 Å². The Hall–Kier alpha value is -0.700. The van der Waals surface area contributed by atoms with Crippen molar-refractivity contribution in [3.05, 3.63) is 0 Å². The monoisotopic (exact) mass is 430 g/mol. The van der Waals surface area contributed by atoms with Crippen LogP contribution in [0.3, 0.4) is 0 Å². The zero-order valence-corrected chi connectivity index (χ0v) is 16.8. The summed E-state index contributed by atoms with van der Waals surface area (Å²) in [5.41, 5.74) is -46.7. The number of fused-ring (bicyclic) bond motifs is 1. The molecule has 0 bridgehead atoms. The average molecular weight is 430 g/mol. The maximum atomic E-state index is 16.2. The van der Waals surface area contributed by atoms with Crippen molar-refractivity contribution in [3.63, 3.8) is 0 Å². The first-order valence-corrected chi connectivity index (χ1v) is 8.64. The predicted molar refractivity (Wildman–Crippen MR) is 83.8 cm³/mol. The molecule has 0 heterocycles. The van der Waals surface area contributed by atoms with Crippen LogP contribution in [0.5, 0.6) is 0 Å². The van der Waals surface area contributed by atoms with Crippen LogP contribution < -0.4 is 0 Å². The lowest BCUT2D eigenvalue weighted by molar-refractivity contribution is -0.431. The smallest absolute Gasteiger partial charge is 0.224 e. The van der Waals surface area contributed by atoms with Gasteiger partial charge in [0.15, 0.2) is 45.4 Å². The molecule has 0 aliphatic heterocycles. The second-order valence-electron chi connectivity index (χ2n) is 9.34. The molecule has 166 valence electrons. The summed E-state index contributed by atoms with van der Waals surface area (Å²) in [6, 6.07) is 0. The van der Waals surface area contributed by atoms with Gasteiger partial charge >= 0.3 is 0 Å². The van der Waals surface area contributed by atoms with Crippen LogP contribution in [-0.4, -0.2) is 56.7 Å². The Kier molecular flexibility index (Phi) is 4.03. The third-order valence-electron chi connectivity index (χ3n) is 8.35. The minimum absolute atomic E-state index is 0.00376. The Morgan fingerprint density at radius 3 is 0.464 bits per heavy atom. The molecule has 8 atom stereocenters. The molecule has 0 radical (unpaired) electrons. The van der Waals surface area contributed by atoms with Crippen molar-refractivity contribution in [2.45, 2.75) is 112 Å². The molecule has 10 heteroatoms. The zero-order valence-electron chi connectivity index (χ0n) is 16.8. The number of rotatable bonds is 0. The summed E-state index contributed by atoms with van der Waals surface area (Å²) in [6.45, 7) is -0.629. The van der Waals surface area contributed by atoms with Crippen LogP contribution in [0, 0.1) is 0 Å². The maximum absolute atomic E-state index is 16.2. The Balaban J connectivity index is 3.23. The molecule has 0 amide bonds. The van der Waals surface area contributed by atoms with Crippen LogP contribution >= 0.6 is 0 Å². The van der Waals surface area contributed by atoms with E-state index >= 15 is 43.9 Å². The van der Waals surface area contributed by atoms with E-state index in [2.05, 4.69) is 0 Å². The molecule has 0 N–H and O–H groups in total. The summed E-state index contributed by atoms with van der Waals surface area (Å²) < 4.78 is 156. The van der Waals surface area contributed by atoms with E-state index in [-0.39, 0.29) is 55.4 Å². The van der Waals surface area contributed by atoms with Crippen molar-refractivity contribution in [2.24, 2.45) is 0 Å². The lowest BCUT2D eigenvalue weighted by atomic mass is 9.37. The van der Waals surface area contributed by atoms with Crippen LogP contribution in [-0.2, 0) is 0 Å². The van der Waals surface area contributed by atoms with Crippen LogP contribution in [0.15, 0.2) is 0 Å². The first-order valence-electron chi connectivity index (χ1n) is 8.64. The van der Waals surface area contributed by atoms with Crippen molar-refractivity contribution >= 4 is 0 Å². The van der Waals surface area contributed by atoms with Crippen molar-refractivity contribution < 1.29 is 43.9 Å². The fourth-order valence-electron chi connectivity index (χ4n) is 5.23. The molecule has 0 nitrogen and oxygen atoms in total. The van der Waals surface area contributed by atoms with Crippen LogP contribution in [0.25, 0.3) is 0 Å². The van der Waals surface area contributed by atoms with E-state index in [9.17, 15) is 0 Å². The van der Waals surface area contributed by atoms with Crippen molar-refractivity contribution in [3.8, 4) is 0 Å². The van der Waals surface area contributed by atoms with E-state index in [4.69, 9.17) is 0 Å². The van der Waals surface area contributed by atoms with Crippen molar-refractivity contribution in [1.82, 2.24) is 0 Å².